The molecule has 1 amide bonds. The Balaban J connectivity index is 2.61. The lowest BCUT2D eigenvalue weighted by Crippen LogP contribution is -2.30. The van der Waals surface area contributed by atoms with Crippen molar-refractivity contribution in [3.63, 3.8) is 0 Å². The van der Waals surface area contributed by atoms with Gasteiger partial charge in [0.15, 0.2) is 0 Å². The maximum atomic E-state index is 12.5. The molecule has 21 heavy (non-hydrogen) atoms. The number of carbonyl (C=O) groups is 1. The highest BCUT2D eigenvalue weighted by atomic mass is 32.1. The summed E-state index contributed by atoms with van der Waals surface area (Å²) in [4.78, 5) is 13.5. The molecule has 0 fully saturated rings. The normalized spacial score (nSPS) is 10.7. The number of nitrogens with two attached hydrogens (primary N) is 1. The van der Waals surface area contributed by atoms with E-state index in [0.717, 1.165) is 21.8 Å². The summed E-state index contributed by atoms with van der Waals surface area (Å²) >= 11 is 1.43. The van der Waals surface area contributed by atoms with Gasteiger partial charge in [0.25, 0.3) is 5.91 Å². The van der Waals surface area contributed by atoms with Crippen LogP contribution in [-0.4, -0.2) is 19.1 Å². The number of benzene rings is 1. The topological polar surface area (TPSA) is 64.3 Å². The fraction of sp³-hybridized carbons (Fsp3) is 0.312. The van der Waals surface area contributed by atoms with Crippen LogP contribution in [0.3, 0.4) is 0 Å². The molecule has 0 unspecified atom stereocenters. The molecule has 2 aromatic rings. The molecule has 0 spiro atoms. The lowest BCUT2D eigenvalue weighted by atomic mass is 10.00. The highest BCUT2D eigenvalue weighted by molar-refractivity contribution is 7.16. The highest BCUT2D eigenvalue weighted by Crippen LogP contribution is 2.41. The predicted molar refractivity (Wildman–Crippen MR) is 88.1 cm³/mol. The smallest absolute Gasteiger partial charge is 0.255 e. The molecule has 0 saturated heterocycles. The van der Waals surface area contributed by atoms with Gasteiger partial charge in [-0.05, 0) is 26.8 Å². The van der Waals surface area contributed by atoms with E-state index in [-0.39, 0.29) is 11.9 Å². The van der Waals surface area contributed by atoms with Gasteiger partial charge in [-0.2, -0.15) is 0 Å². The number of thiophene rings is 1. The average Bonchev–Trinajstić information content (AvgIpc) is 2.72. The highest BCUT2D eigenvalue weighted by Gasteiger charge is 2.23. The van der Waals surface area contributed by atoms with Gasteiger partial charge in [0.2, 0.25) is 0 Å². The third-order valence-electron chi connectivity index (χ3n) is 3.13. The van der Waals surface area contributed by atoms with Gasteiger partial charge in [-0.1, -0.05) is 18.2 Å². The van der Waals surface area contributed by atoms with Crippen LogP contribution in [0, 0.1) is 6.92 Å². The Morgan fingerprint density at radius 2 is 2.00 bits per heavy atom. The van der Waals surface area contributed by atoms with E-state index in [0.29, 0.717) is 10.6 Å². The van der Waals surface area contributed by atoms with Crippen LogP contribution in [0.15, 0.2) is 24.3 Å². The van der Waals surface area contributed by atoms with E-state index in [1.54, 1.807) is 7.11 Å². The van der Waals surface area contributed by atoms with Crippen molar-refractivity contribution in [3.8, 4) is 16.9 Å². The summed E-state index contributed by atoms with van der Waals surface area (Å²) in [6.45, 7) is 5.82. The monoisotopic (exact) mass is 304 g/mol. The van der Waals surface area contributed by atoms with Crippen LogP contribution < -0.4 is 15.8 Å². The molecule has 3 N–H and O–H groups in total. The molecule has 1 aromatic heterocycles. The molecule has 112 valence electrons. The minimum Gasteiger partial charge on any atom is -0.496 e. The summed E-state index contributed by atoms with van der Waals surface area (Å²) in [5.74, 6) is 0.588. The lowest BCUT2D eigenvalue weighted by molar-refractivity contribution is 0.0945. The molecule has 0 aliphatic rings. The van der Waals surface area contributed by atoms with Crippen LogP contribution in [0.5, 0.6) is 5.75 Å². The molecular weight excluding hydrogens is 284 g/mol. The fourth-order valence-corrected chi connectivity index (χ4v) is 3.24. The van der Waals surface area contributed by atoms with Gasteiger partial charge >= 0.3 is 0 Å². The van der Waals surface area contributed by atoms with Gasteiger partial charge in [0.05, 0.1) is 17.7 Å². The third kappa shape index (κ3) is 3.03. The summed E-state index contributed by atoms with van der Waals surface area (Å²) in [7, 11) is 1.62. The van der Waals surface area contributed by atoms with Gasteiger partial charge in [0, 0.05) is 22.0 Å². The van der Waals surface area contributed by atoms with E-state index in [2.05, 4.69) is 5.32 Å². The number of nitrogens with one attached hydrogen (secondary N) is 1. The van der Waals surface area contributed by atoms with Crippen molar-refractivity contribution >= 4 is 22.2 Å². The van der Waals surface area contributed by atoms with Crippen LogP contribution in [0.25, 0.3) is 11.1 Å². The number of aryl methyl sites for hydroxylation is 1. The largest absolute Gasteiger partial charge is 0.496 e. The maximum Gasteiger partial charge on any atom is 0.255 e. The zero-order valence-corrected chi connectivity index (χ0v) is 13.5. The number of anilines is 1. The molecule has 0 aliphatic heterocycles. The Kier molecular flexibility index (Phi) is 4.53. The molecule has 0 radical (unpaired) electrons. The van der Waals surface area contributed by atoms with Gasteiger partial charge < -0.3 is 15.8 Å². The van der Waals surface area contributed by atoms with E-state index in [1.807, 2.05) is 45.0 Å². The zero-order valence-electron chi connectivity index (χ0n) is 12.7. The van der Waals surface area contributed by atoms with Gasteiger partial charge in [0.1, 0.15) is 5.75 Å². The Hall–Kier alpha value is -2.01. The first-order valence-corrected chi connectivity index (χ1v) is 7.60. The summed E-state index contributed by atoms with van der Waals surface area (Å²) in [6.07, 6.45) is 0. The average molecular weight is 304 g/mol. The number of carbonyl (C=O) groups excluding carboxylic acids is 1. The molecule has 0 aliphatic carbocycles. The standard InChI is InChI=1S/C16H20N2O2S/c1-9(2)18-16(19)14-13(10(3)21-15(14)17)11-7-5-6-8-12(11)20-4/h5-9H,17H2,1-4H3,(H,18,19). The number of methoxy groups -OCH3 is 1. The van der Waals surface area contributed by atoms with Crippen molar-refractivity contribution in [1.82, 2.24) is 5.32 Å². The second-order valence-corrected chi connectivity index (χ2v) is 6.36. The van der Waals surface area contributed by atoms with Crippen molar-refractivity contribution in [3.05, 3.63) is 34.7 Å². The van der Waals surface area contributed by atoms with E-state index >= 15 is 0 Å². The molecule has 5 heteroatoms. The maximum absolute atomic E-state index is 12.5. The fourth-order valence-electron chi connectivity index (χ4n) is 2.30. The van der Waals surface area contributed by atoms with Crippen molar-refractivity contribution in [2.75, 3.05) is 12.8 Å². The first-order valence-electron chi connectivity index (χ1n) is 6.78. The number of amides is 1. The second-order valence-electron chi connectivity index (χ2n) is 5.10. The number of nitrogen functional groups attached to an aromatic ring is 1. The Labute approximate surface area is 128 Å². The first kappa shape index (κ1) is 15.4. The minimum atomic E-state index is -0.146. The molecule has 1 aromatic carbocycles. The summed E-state index contributed by atoms with van der Waals surface area (Å²) in [5.41, 5.74) is 8.35. The van der Waals surface area contributed by atoms with E-state index in [4.69, 9.17) is 10.5 Å². The summed E-state index contributed by atoms with van der Waals surface area (Å²) < 4.78 is 5.41. The first-order chi connectivity index (χ1) is 9.95. The van der Waals surface area contributed by atoms with Crippen LogP contribution in [-0.2, 0) is 0 Å². The van der Waals surface area contributed by atoms with Crippen LogP contribution >= 0.6 is 11.3 Å². The lowest BCUT2D eigenvalue weighted by Gasteiger charge is -2.13. The Bertz CT molecular complexity index is 662. The van der Waals surface area contributed by atoms with Crippen LogP contribution in [0.4, 0.5) is 5.00 Å². The van der Waals surface area contributed by atoms with Crippen molar-refractivity contribution in [2.24, 2.45) is 0 Å². The third-order valence-corrected chi connectivity index (χ3v) is 4.07. The number of ether oxygens (including phenoxy) is 1. The SMILES string of the molecule is COc1ccccc1-c1c(C)sc(N)c1C(=O)NC(C)C. The van der Waals surface area contributed by atoms with E-state index in [1.165, 1.54) is 11.3 Å². The van der Waals surface area contributed by atoms with Crippen LogP contribution in [0.2, 0.25) is 0 Å². The molecule has 2 rings (SSSR count). The molecule has 0 bridgehead atoms. The molecular formula is C16H20N2O2S. The minimum absolute atomic E-state index is 0.0580. The molecule has 0 saturated carbocycles. The van der Waals surface area contributed by atoms with Gasteiger partial charge in [-0.25, -0.2) is 0 Å². The number of para-hydroxylation sites is 1. The van der Waals surface area contributed by atoms with E-state index in [9.17, 15) is 4.79 Å². The second kappa shape index (κ2) is 6.18. The quantitative estimate of drug-likeness (QED) is 0.909. The number of rotatable bonds is 4. The van der Waals surface area contributed by atoms with Crippen molar-refractivity contribution < 1.29 is 9.53 Å². The van der Waals surface area contributed by atoms with E-state index < -0.39 is 0 Å². The Morgan fingerprint density at radius 3 is 2.62 bits per heavy atom. The summed E-state index contributed by atoms with van der Waals surface area (Å²) in [5, 5.41) is 3.44. The number of hydrogen-bond acceptors (Lipinski definition) is 4. The zero-order chi connectivity index (χ0) is 15.6. The molecule has 1 heterocycles. The Morgan fingerprint density at radius 1 is 1.33 bits per heavy atom. The van der Waals surface area contributed by atoms with Crippen molar-refractivity contribution in [2.45, 2.75) is 26.8 Å². The predicted octanol–water partition coefficient (Wildman–Crippen LogP) is 3.45. The number of hydrogen-bond donors (Lipinski definition) is 2. The summed E-state index contributed by atoms with van der Waals surface area (Å²) in [6, 6.07) is 7.71. The van der Waals surface area contributed by atoms with Gasteiger partial charge in [-0.15, -0.1) is 11.3 Å². The van der Waals surface area contributed by atoms with Crippen LogP contribution in [0.1, 0.15) is 29.1 Å². The van der Waals surface area contributed by atoms with Crippen molar-refractivity contribution in [1.29, 1.82) is 0 Å². The van der Waals surface area contributed by atoms with Gasteiger partial charge in [-0.3, -0.25) is 4.79 Å². The molecule has 0 atom stereocenters. The molecule has 4 nitrogen and oxygen atoms in total.